The molecule has 1 fully saturated rings. The molecule has 1 N–H and O–H groups in total. The highest BCUT2D eigenvalue weighted by molar-refractivity contribution is 5.92. The van der Waals surface area contributed by atoms with E-state index in [-0.39, 0.29) is 37.3 Å². The zero-order chi connectivity index (χ0) is 20.9. The molecule has 2 aromatic heterocycles. The maximum Gasteiger partial charge on any atom is 0.322 e. The molecule has 0 unspecified atom stereocenters. The summed E-state index contributed by atoms with van der Waals surface area (Å²) in [6, 6.07) is 12.5. The summed E-state index contributed by atoms with van der Waals surface area (Å²) in [6.45, 7) is -0.0220. The highest BCUT2D eigenvalue weighted by Gasteiger charge is 2.36. The predicted molar refractivity (Wildman–Crippen MR) is 102 cm³/mol. The Morgan fingerprint density at radius 1 is 1.17 bits per heavy atom. The summed E-state index contributed by atoms with van der Waals surface area (Å²) in [6.07, 6.45) is 1.55. The van der Waals surface area contributed by atoms with Crippen molar-refractivity contribution in [2.24, 2.45) is 5.92 Å². The van der Waals surface area contributed by atoms with Crippen molar-refractivity contribution < 1.29 is 28.0 Å². The van der Waals surface area contributed by atoms with Crippen molar-refractivity contribution in [3.8, 4) is 11.5 Å². The van der Waals surface area contributed by atoms with Gasteiger partial charge in [-0.1, -0.05) is 23.3 Å². The molecule has 1 saturated heterocycles. The number of esters is 1. The first kappa shape index (κ1) is 19.4. The van der Waals surface area contributed by atoms with Crippen LogP contribution in [-0.2, 0) is 25.7 Å². The van der Waals surface area contributed by atoms with Gasteiger partial charge < -0.3 is 18.5 Å². The highest BCUT2D eigenvalue weighted by atomic mass is 16.5. The molecule has 0 aliphatic carbocycles. The molecule has 30 heavy (non-hydrogen) atoms. The lowest BCUT2D eigenvalue weighted by Gasteiger charge is -2.14. The van der Waals surface area contributed by atoms with E-state index in [1.54, 1.807) is 24.3 Å². The Balaban J connectivity index is 1.24. The number of rotatable bonds is 7. The number of anilines is 1. The highest BCUT2D eigenvalue weighted by Crippen LogP contribution is 2.22. The van der Waals surface area contributed by atoms with E-state index in [1.807, 2.05) is 18.2 Å². The molecular weight excluding hydrogens is 392 g/mol. The number of carbonyl (C=O) groups excluding carboxylic acids is 3. The van der Waals surface area contributed by atoms with E-state index in [1.165, 1.54) is 11.2 Å². The van der Waals surface area contributed by atoms with Gasteiger partial charge in [-0.05, 0) is 24.3 Å². The van der Waals surface area contributed by atoms with E-state index in [0.29, 0.717) is 11.3 Å². The first-order chi connectivity index (χ1) is 14.6. The van der Waals surface area contributed by atoms with Crippen LogP contribution in [0, 0.1) is 5.92 Å². The van der Waals surface area contributed by atoms with Crippen LogP contribution in [0.1, 0.15) is 12.2 Å². The van der Waals surface area contributed by atoms with Crippen molar-refractivity contribution in [2.75, 3.05) is 18.5 Å². The SMILES string of the molecule is O=C(COC(=O)[C@H]1CC(=O)N(Cc2ccco2)C1)Nc1nnc(-c2ccccc2)o1. The summed E-state index contributed by atoms with van der Waals surface area (Å²) in [5.74, 6) is -1.15. The van der Waals surface area contributed by atoms with Crippen molar-refractivity contribution in [3.05, 3.63) is 54.5 Å². The van der Waals surface area contributed by atoms with Gasteiger partial charge in [-0.25, -0.2) is 0 Å². The molecule has 10 heteroatoms. The molecule has 3 aromatic rings. The second kappa shape index (κ2) is 8.60. The Kier molecular flexibility index (Phi) is 5.55. The van der Waals surface area contributed by atoms with Gasteiger partial charge in [-0.2, -0.15) is 0 Å². The van der Waals surface area contributed by atoms with Crippen LogP contribution in [0.25, 0.3) is 11.5 Å². The Morgan fingerprint density at radius 2 is 2.00 bits per heavy atom. The summed E-state index contributed by atoms with van der Waals surface area (Å²) in [5.41, 5.74) is 0.710. The van der Waals surface area contributed by atoms with Gasteiger partial charge >= 0.3 is 12.0 Å². The Bertz CT molecular complexity index is 1030. The normalized spacial score (nSPS) is 15.9. The second-order valence-electron chi connectivity index (χ2n) is 6.69. The minimum Gasteiger partial charge on any atom is -0.467 e. The van der Waals surface area contributed by atoms with Crippen molar-refractivity contribution in [3.63, 3.8) is 0 Å². The number of nitrogens with one attached hydrogen (secondary N) is 1. The topological polar surface area (TPSA) is 128 Å². The van der Waals surface area contributed by atoms with Crippen LogP contribution in [0.2, 0.25) is 0 Å². The summed E-state index contributed by atoms with van der Waals surface area (Å²) >= 11 is 0. The second-order valence-corrected chi connectivity index (χ2v) is 6.69. The van der Waals surface area contributed by atoms with E-state index in [2.05, 4.69) is 15.5 Å². The fourth-order valence-corrected chi connectivity index (χ4v) is 3.05. The summed E-state index contributed by atoms with van der Waals surface area (Å²) in [5, 5.41) is 9.98. The molecule has 0 bridgehead atoms. The maximum atomic E-state index is 12.2. The van der Waals surface area contributed by atoms with Gasteiger partial charge in [0.1, 0.15) is 5.76 Å². The molecule has 10 nitrogen and oxygen atoms in total. The average molecular weight is 410 g/mol. The molecule has 2 amide bonds. The molecule has 4 rings (SSSR count). The Hall–Kier alpha value is -3.95. The first-order valence-electron chi connectivity index (χ1n) is 9.24. The molecular formula is C20H18N4O6. The smallest absolute Gasteiger partial charge is 0.322 e. The number of aromatic nitrogens is 2. The van der Waals surface area contributed by atoms with E-state index in [0.717, 1.165) is 0 Å². The zero-order valence-corrected chi connectivity index (χ0v) is 15.8. The van der Waals surface area contributed by atoms with Crippen LogP contribution in [0.5, 0.6) is 0 Å². The van der Waals surface area contributed by atoms with E-state index in [9.17, 15) is 14.4 Å². The van der Waals surface area contributed by atoms with Gasteiger partial charge in [0.25, 0.3) is 5.91 Å². The molecule has 154 valence electrons. The number of furan rings is 1. The molecule has 3 heterocycles. The number of carbonyl (C=O) groups is 3. The van der Waals surface area contributed by atoms with Crippen LogP contribution in [-0.4, -0.2) is 46.0 Å². The molecule has 1 aliphatic rings. The third-order valence-electron chi connectivity index (χ3n) is 4.51. The largest absolute Gasteiger partial charge is 0.467 e. The number of benzene rings is 1. The third kappa shape index (κ3) is 4.54. The number of amides is 2. The summed E-state index contributed by atoms with van der Waals surface area (Å²) < 4.78 is 15.6. The van der Waals surface area contributed by atoms with Crippen molar-refractivity contribution >= 4 is 23.8 Å². The van der Waals surface area contributed by atoms with Crippen molar-refractivity contribution in [1.29, 1.82) is 0 Å². The number of likely N-dealkylation sites (tertiary alicyclic amines) is 1. The van der Waals surface area contributed by atoms with E-state index in [4.69, 9.17) is 13.6 Å². The molecule has 1 aliphatic heterocycles. The van der Waals surface area contributed by atoms with Gasteiger partial charge in [0.2, 0.25) is 11.8 Å². The van der Waals surface area contributed by atoms with Crippen LogP contribution in [0.3, 0.4) is 0 Å². The zero-order valence-electron chi connectivity index (χ0n) is 15.8. The fraction of sp³-hybridized carbons (Fsp3) is 0.250. The molecule has 0 saturated carbocycles. The van der Waals surface area contributed by atoms with Crippen molar-refractivity contribution in [1.82, 2.24) is 15.1 Å². The quantitative estimate of drug-likeness (QED) is 0.585. The lowest BCUT2D eigenvalue weighted by Crippen LogP contribution is -2.28. The lowest BCUT2D eigenvalue weighted by atomic mass is 10.1. The first-order valence-corrected chi connectivity index (χ1v) is 9.24. The monoisotopic (exact) mass is 410 g/mol. The summed E-state index contributed by atoms with van der Waals surface area (Å²) in [4.78, 5) is 37.8. The minimum absolute atomic E-state index is 0.0330. The van der Waals surface area contributed by atoms with Crippen molar-refractivity contribution in [2.45, 2.75) is 13.0 Å². The number of hydrogen-bond acceptors (Lipinski definition) is 8. The average Bonchev–Trinajstić information content (AvgIpc) is 3.50. The summed E-state index contributed by atoms with van der Waals surface area (Å²) in [7, 11) is 0. The minimum atomic E-state index is -0.631. The van der Waals surface area contributed by atoms with Crippen LogP contribution in [0.15, 0.2) is 57.6 Å². The Labute approximate surface area is 170 Å². The van der Waals surface area contributed by atoms with E-state index >= 15 is 0 Å². The van der Waals surface area contributed by atoms with Crippen LogP contribution < -0.4 is 5.32 Å². The fourth-order valence-electron chi connectivity index (χ4n) is 3.05. The number of ether oxygens (including phenoxy) is 1. The van der Waals surface area contributed by atoms with Gasteiger partial charge in [-0.15, -0.1) is 5.10 Å². The molecule has 1 aromatic carbocycles. The molecule has 1 atom stereocenters. The lowest BCUT2D eigenvalue weighted by molar-refractivity contribution is -0.151. The van der Waals surface area contributed by atoms with Gasteiger partial charge in [-0.3, -0.25) is 19.7 Å². The molecule has 0 spiro atoms. The predicted octanol–water partition coefficient (Wildman–Crippen LogP) is 1.86. The van der Waals surface area contributed by atoms with Gasteiger partial charge in [0, 0.05) is 18.5 Å². The van der Waals surface area contributed by atoms with Crippen LogP contribution >= 0.6 is 0 Å². The number of nitrogens with zero attached hydrogens (tertiary/aromatic N) is 3. The third-order valence-corrected chi connectivity index (χ3v) is 4.51. The van der Waals surface area contributed by atoms with Gasteiger partial charge in [0.15, 0.2) is 6.61 Å². The maximum absolute atomic E-state index is 12.2. The standard InChI is InChI=1S/C20H18N4O6/c25-16(21-20-23-22-18(30-20)13-5-2-1-3-6-13)12-29-19(27)14-9-17(26)24(10-14)11-15-7-4-8-28-15/h1-8,14H,9-12H2,(H,21,23,25)/t14-/m0/s1. The van der Waals surface area contributed by atoms with E-state index < -0.39 is 24.4 Å². The van der Waals surface area contributed by atoms with Gasteiger partial charge in [0.05, 0.1) is 18.7 Å². The van der Waals surface area contributed by atoms with Crippen LogP contribution in [0.4, 0.5) is 6.01 Å². The molecule has 0 radical (unpaired) electrons. The Morgan fingerprint density at radius 3 is 2.77 bits per heavy atom. The number of hydrogen-bond donors (Lipinski definition) is 1.